The van der Waals surface area contributed by atoms with E-state index in [-0.39, 0.29) is 23.5 Å². The van der Waals surface area contributed by atoms with Crippen LogP contribution >= 0.6 is 34.9 Å². The van der Waals surface area contributed by atoms with Crippen LogP contribution in [0.5, 0.6) is 5.75 Å². The van der Waals surface area contributed by atoms with Crippen molar-refractivity contribution in [3.63, 3.8) is 0 Å². The molecular weight excluding hydrogens is 462 g/mol. The lowest BCUT2D eigenvalue weighted by Gasteiger charge is -2.18. The minimum absolute atomic E-state index is 0.00675. The van der Waals surface area contributed by atoms with Crippen LogP contribution in [0.25, 0.3) is 0 Å². The minimum Gasteiger partial charge on any atom is -0.482 e. The van der Waals surface area contributed by atoms with Gasteiger partial charge in [-0.05, 0) is 42.2 Å². The molecule has 0 aliphatic carbocycles. The summed E-state index contributed by atoms with van der Waals surface area (Å²) in [5.74, 6) is 1.67. The monoisotopic (exact) mass is 485 g/mol. The zero-order valence-corrected chi connectivity index (χ0v) is 20.4. The molecule has 1 amide bonds. The van der Waals surface area contributed by atoms with E-state index >= 15 is 0 Å². The highest BCUT2D eigenvalue weighted by atomic mass is 32.2. The predicted molar refractivity (Wildman–Crippen MR) is 130 cm³/mol. The third-order valence-electron chi connectivity index (χ3n) is 4.94. The van der Waals surface area contributed by atoms with Gasteiger partial charge in [0.2, 0.25) is 0 Å². The number of aromatic nitrogens is 2. The van der Waals surface area contributed by atoms with Crippen molar-refractivity contribution in [2.45, 2.75) is 46.4 Å². The maximum atomic E-state index is 12.9. The summed E-state index contributed by atoms with van der Waals surface area (Å²) < 4.78 is 7.00. The summed E-state index contributed by atoms with van der Waals surface area (Å²) >= 11 is 4.54. The SMILES string of the molecule is CC(C)c1ccc(CSc2nnc(S[C@H](C)C(=O)c3ccc4c(c3)NC(=O)CO4)s2)cc1. The van der Waals surface area contributed by atoms with Crippen molar-refractivity contribution in [3.05, 3.63) is 59.2 Å². The molecule has 1 aliphatic heterocycles. The minimum atomic E-state index is -0.331. The number of carbonyl (C=O) groups excluding carboxylic acids is 2. The van der Waals surface area contributed by atoms with Crippen LogP contribution in [0.4, 0.5) is 5.69 Å². The molecule has 1 N–H and O–H groups in total. The molecule has 0 bridgehead atoms. The molecule has 1 aliphatic rings. The van der Waals surface area contributed by atoms with Crippen LogP contribution in [-0.2, 0) is 10.5 Å². The number of ether oxygens (including phenoxy) is 1. The van der Waals surface area contributed by atoms with Crippen LogP contribution in [0.3, 0.4) is 0 Å². The molecule has 0 radical (unpaired) electrons. The predicted octanol–water partition coefficient (Wildman–Crippen LogP) is 5.65. The first kappa shape index (κ1) is 22.8. The van der Waals surface area contributed by atoms with Crippen molar-refractivity contribution in [1.82, 2.24) is 10.2 Å². The molecule has 6 nitrogen and oxygen atoms in total. The van der Waals surface area contributed by atoms with Crippen LogP contribution in [0.15, 0.2) is 51.1 Å². The molecule has 0 spiro atoms. The Bertz CT molecular complexity index is 1130. The van der Waals surface area contributed by atoms with Crippen LogP contribution in [0, 0.1) is 0 Å². The molecule has 1 aromatic heterocycles. The van der Waals surface area contributed by atoms with Gasteiger partial charge < -0.3 is 10.1 Å². The summed E-state index contributed by atoms with van der Waals surface area (Å²) in [5, 5.41) is 10.9. The van der Waals surface area contributed by atoms with E-state index in [0.29, 0.717) is 22.9 Å². The molecule has 3 aromatic rings. The van der Waals surface area contributed by atoms with Gasteiger partial charge in [0.25, 0.3) is 5.91 Å². The highest BCUT2D eigenvalue weighted by Gasteiger charge is 2.22. The number of nitrogens with one attached hydrogen (secondary N) is 1. The number of thioether (sulfide) groups is 2. The van der Waals surface area contributed by atoms with Crippen molar-refractivity contribution >= 4 is 52.2 Å². The van der Waals surface area contributed by atoms with Gasteiger partial charge in [0.15, 0.2) is 21.1 Å². The number of hydrogen-bond acceptors (Lipinski definition) is 8. The number of anilines is 1. The maximum Gasteiger partial charge on any atom is 0.262 e. The zero-order chi connectivity index (χ0) is 22.7. The average Bonchev–Trinajstić information content (AvgIpc) is 3.24. The number of ketones is 1. The molecule has 2 aromatic carbocycles. The molecule has 0 saturated heterocycles. The summed E-state index contributed by atoms with van der Waals surface area (Å²) in [6, 6.07) is 13.8. The van der Waals surface area contributed by atoms with Crippen molar-refractivity contribution in [2.75, 3.05) is 11.9 Å². The molecule has 0 unspecified atom stereocenters. The second-order valence-electron chi connectivity index (χ2n) is 7.69. The lowest BCUT2D eigenvalue weighted by Crippen LogP contribution is -2.25. The lowest BCUT2D eigenvalue weighted by atomic mass is 10.0. The molecule has 9 heteroatoms. The Morgan fingerprint density at radius 3 is 2.62 bits per heavy atom. The second kappa shape index (κ2) is 10.1. The molecule has 0 fully saturated rings. The molecule has 32 heavy (non-hydrogen) atoms. The zero-order valence-electron chi connectivity index (χ0n) is 18.0. The van der Waals surface area contributed by atoms with E-state index < -0.39 is 0 Å². The van der Waals surface area contributed by atoms with Crippen molar-refractivity contribution in [2.24, 2.45) is 0 Å². The van der Waals surface area contributed by atoms with Crippen LogP contribution in [-0.4, -0.2) is 33.7 Å². The topological polar surface area (TPSA) is 81.2 Å². The van der Waals surface area contributed by atoms with Crippen molar-refractivity contribution < 1.29 is 14.3 Å². The van der Waals surface area contributed by atoms with Gasteiger partial charge in [-0.1, -0.05) is 73.0 Å². The number of nitrogens with zero attached hydrogens (tertiary/aromatic N) is 2. The molecule has 2 heterocycles. The van der Waals surface area contributed by atoms with E-state index in [1.54, 1.807) is 30.0 Å². The van der Waals surface area contributed by atoms with Gasteiger partial charge in [0.1, 0.15) is 5.75 Å². The molecule has 166 valence electrons. The maximum absolute atomic E-state index is 12.9. The first-order valence-corrected chi connectivity index (χ1v) is 12.9. The molecular formula is C23H23N3O3S3. The third kappa shape index (κ3) is 5.51. The quantitative estimate of drug-likeness (QED) is 0.326. The lowest BCUT2D eigenvalue weighted by molar-refractivity contribution is -0.118. The Hall–Kier alpha value is -2.36. The Labute approximate surface area is 199 Å². The smallest absolute Gasteiger partial charge is 0.262 e. The Balaban J connectivity index is 1.34. The number of carbonyl (C=O) groups is 2. The van der Waals surface area contributed by atoms with Gasteiger partial charge in [0.05, 0.1) is 10.9 Å². The highest BCUT2D eigenvalue weighted by Crippen LogP contribution is 2.35. The average molecular weight is 486 g/mol. The van der Waals surface area contributed by atoms with Gasteiger partial charge in [0, 0.05) is 11.3 Å². The first-order valence-electron chi connectivity index (χ1n) is 10.2. The molecule has 4 rings (SSSR count). The van der Waals surface area contributed by atoms with Crippen LogP contribution in [0.2, 0.25) is 0 Å². The Kier molecular flexibility index (Phi) is 7.17. The van der Waals surface area contributed by atoms with E-state index in [0.717, 1.165) is 14.4 Å². The largest absolute Gasteiger partial charge is 0.482 e. The summed E-state index contributed by atoms with van der Waals surface area (Å²) in [6.45, 7) is 6.22. The van der Waals surface area contributed by atoms with Crippen molar-refractivity contribution in [1.29, 1.82) is 0 Å². The first-order chi connectivity index (χ1) is 15.4. The number of hydrogen-bond donors (Lipinski definition) is 1. The fourth-order valence-corrected chi connectivity index (χ4v) is 6.32. The number of fused-ring (bicyclic) bond motifs is 1. The van der Waals surface area contributed by atoms with E-state index in [1.165, 1.54) is 34.2 Å². The van der Waals surface area contributed by atoms with Gasteiger partial charge in [-0.3, -0.25) is 9.59 Å². The van der Waals surface area contributed by atoms with Gasteiger partial charge in [-0.2, -0.15) is 0 Å². The summed E-state index contributed by atoms with van der Waals surface area (Å²) in [6.07, 6.45) is 0. The van der Waals surface area contributed by atoms with E-state index in [9.17, 15) is 9.59 Å². The second-order valence-corrected chi connectivity index (χ2v) is 11.5. The Morgan fingerprint density at radius 1 is 1.12 bits per heavy atom. The number of rotatable bonds is 8. The van der Waals surface area contributed by atoms with E-state index in [1.807, 2.05) is 6.92 Å². The summed E-state index contributed by atoms with van der Waals surface area (Å²) in [7, 11) is 0. The summed E-state index contributed by atoms with van der Waals surface area (Å²) in [4.78, 5) is 24.4. The standard InChI is InChI=1S/C23H23N3O3S3/c1-13(2)16-6-4-15(5-7-16)12-30-22-25-26-23(32-22)31-14(3)21(28)17-8-9-19-18(10-17)24-20(27)11-29-19/h4-10,13-14H,11-12H2,1-3H3,(H,24,27)/t14-/m1/s1. The highest BCUT2D eigenvalue weighted by molar-refractivity contribution is 8.03. The summed E-state index contributed by atoms with van der Waals surface area (Å²) in [5.41, 5.74) is 3.63. The third-order valence-corrected chi connectivity index (χ3v) is 8.25. The number of benzene rings is 2. The number of Topliss-reactive ketones (excluding diaryl/α,β-unsaturated/α-hetero) is 1. The van der Waals surface area contributed by atoms with Crippen molar-refractivity contribution in [3.8, 4) is 5.75 Å². The van der Waals surface area contributed by atoms with Crippen LogP contribution in [0.1, 0.15) is 48.2 Å². The van der Waals surface area contributed by atoms with Gasteiger partial charge in [-0.15, -0.1) is 10.2 Å². The fourth-order valence-electron chi connectivity index (χ4n) is 3.12. The fraction of sp³-hybridized carbons (Fsp3) is 0.304. The Morgan fingerprint density at radius 2 is 1.88 bits per heavy atom. The van der Waals surface area contributed by atoms with Gasteiger partial charge >= 0.3 is 0 Å². The molecule has 0 saturated carbocycles. The normalized spacial score (nSPS) is 13.9. The van der Waals surface area contributed by atoms with E-state index in [2.05, 4.69) is 53.6 Å². The van der Waals surface area contributed by atoms with E-state index in [4.69, 9.17) is 4.74 Å². The van der Waals surface area contributed by atoms with Gasteiger partial charge in [-0.25, -0.2) is 0 Å². The molecule has 1 atom stereocenters. The van der Waals surface area contributed by atoms with Crippen LogP contribution < -0.4 is 10.1 Å². The number of amides is 1.